The number of rotatable bonds is 6. The van der Waals surface area contributed by atoms with Crippen LogP contribution in [0.15, 0.2) is 41.9 Å². The first kappa shape index (κ1) is 18.8. The first-order valence-corrected chi connectivity index (χ1v) is 7.73. The zero-order valence-corrected chi connectivity index (χ0v) is 13.6. The molecule has 0 fully saturated rings. The molecule has 0 saturated heterocycles. The van der Waals surface area contributed by atoms with Gasteiger partial charge in [0.1, 0.15) is 5.82 Å². The molecule has 0 aliphatic heterocycles. The summed E-state index contributed by atoms with van der Waals surface area (Å²) in [6, 6.07) is 2.60. The number of aliphatic imine (C=N–C) groups is 1. The van der Waals surface area contributed by atoms with E-state index in [-0.39, 0.29) is 12.1 Å². The number of hydrogen-bond acceptors (Lipinski definition) is 2. The molecule has 0 atom stereocenters. The molecule has 5 nitrogen and oxygen atoms in total. The highest BCUT2D eigenvalue weighted by atomic mass is 19.4. The van der Waals surface area contributed by atoms with E-state index in [2.05, 4.69) is 20.6 Å². The van der Waals surface area contributed by atoms with Gasteiger partial charge in [0, 0.05) is 32.0 Å². The lowest BCUT2D eigenvalue weighted by atomic mass is 10.1. The Kier molecular flexibility index (Phi) is 6.37. The lowest BCUT2D eigenvalue weighted by Crippen LogP contribution is -2.38. The summed E-state index contributed by atoms with van der Waals surface area (Å²) in [6.45, 7) is 3.36. The minimum atomic E-state index is -4.62. The third-order valence-corrected chi connectivity index (χ3v) is 3.35. The molecular formula is C16H19F4N5. The minimum absolute atomic E-state index is 0.0827. The second kappa shape index (κ2) is 8.50. The number of nitrogens with zero attached hydrogens (tertiary/aromatic N) is 3. The highest BCUT2D eigenvalue weighted by molar-refractivity contribution is 5.79. The van der Waals surface area contributed by atoms with E-state index in [9.17, 15) is 17.6 Å². The normalized spacial score (nSPS) is 12.3. The number of aromatic nitrogens is 2. The van der Waals surface area contributed by atoms with E-state index in [4.69, 9.17) is 0 Å². The monoisotopic (exact) mass is 357 g/mol. The fraction of sp³-hybridized carbons (Fsp3) is 0.375. The Morgan fingerprint density at radius 1 is 1.28 bits per heavy atom. The Morgan fingerprint density at radius 3 is 2.72 bits per heavy atom. The number of halogens is 4. The Labute approximate surface area is 142 Å². The average Bonchev–Trinajstić information content (AvgIpc) is 3.06. The molecule has 25 heavy (non-hydrogen) atoms. The predicted molar refractivity (Wildman–Crippen MR) is 86.4 cm³/mol. The molecule has 0 saturated carbocycles. The third-order valence-electron chi connectivity index (χ3n) is 3.35. The third kappa shape index (κ3) is 5.77. The van der Waals surface area contributed by atoms with E-state index in [0.717, 1.165) is 12.1 Å². The zero-order chi connectivity index (χ0) is 18.3. The van der Waals surface area contributed by atoms with Crippen molar-refractivity contribution in [3.8, 4) is 0 Å². The summed E-state index contributed by atoms with van der Waals surface area (Å²) >= 11 is 0. The van der Waals surface area contributed by atoms with Gasteiger partial charge < -0.3 is 15.2 Å². The zero-order valence-electron chi connectivity index (χ0n) is 13.6. The Morgan fingerprint density at radius 2 is 2.08 bits per heavy atom. The summed E-state index contributed by atoms with van der Waals surface area (Å²) in [7, 11) is 0. The van der Waals surface area contributed by atoms with Crippen LogP contribution in [0, 0.1) is 5.82 Å². The number of benzene rings is 1. The van der Waals surface area contributed by atoms with Gasteiger partial charge in [0.25, 0.3) is 0 Å². The lowest BCUT2D eigenvalue weighted by Gasteiger charge is -2.14. The largest absolute Gasteiger partial charge is 0.416 e. The van der Waals surface area contributed by atoms with Crippen LogP contribution in [-0.4, -0.2) is 28.6 Å². The number of hydrogen-bond donors (Lipinski definition) is 2. The highest BCUT2D eigenvalue weighted by Crippen LogP contribution is 2.32. The SMILES string of the molecule is CCNC(=NCc1ccc(F)cc1C(F)(F)F)NCCn1ccnc1. The summed E-state index contributed by atoms with van der Waals surface area (Å²) in [5.41, 5.74) is -1.09. The number of guanidine groups is 1. The summed E-state index contributed by atoms with van der Waals surface area (Å²) in [5.74, 6) is -0.537. The fourth-order valence-corrected chi connectivity index (χ4v) is 2.18. The maximum Gasteiger partial charge on any atom is 0.416 e. The van der Waals surface area contributed by atoms with Crippen molar-refractivity contribution in [3.05, 3.63) is 53.9 Å². The van der Waals surface area contributed by atoms with E-state index in [1.54, 1.807) is 18.7 Å². The van der Waals surface area contributed by atoms with Gasteiger partial charge in [-0.05, 0) is 24.6 Å². The molecule has 0 unspecified atom stereocenters. The van der Waals surface area contributed by atoms with Crippen LogP contribution in [0.5, 0.6) is 0 Å². The summed E-state index contributed by atoms with van der Waals surface area (Å²) in [4.78, 5) is 8.08. The minimum Gasteiger partial charge on any atom is -0.357 e. The van der Waals surface area contributed by atoms with Crippen molar-refractivity contribution in [2.45, 2.75) is 26.2 Å². The molecule has 136 valence electrons. The molecule has 0 radical (unpaired) electrons. The number of imidazole rings is 1. The molecule has 0 amide bonds. The highest BCUT2D eigenvalue weighted by Gasteiger charge is 2.33. The molecule has 9 heteroatoms. The summed E-state index contributed by atoms with van der Waals surface area (Å²) in [5, 5.41) is 5.99. The number of alkyl halides is 3. The van der Waals surface area contributed by atoms with Crippen LogP contribution in [0.3, 0.4) is 0 Å². The van der Waals surface area contributed by atoms with Gasteiger partial charge in [0.05, 0.1) is 18.4 Å². The van der Waals surface area contributed by atoms with E-state index in [1.807, 2.05) is 11.5 Å². The predicted octanol–water partition coefficient (Wildman–Crippen LogP) is 2.80. The van der Waals surface area contributed by atoms with Crippen molar-refractivity contribution in [1.29, 1.82) is 0 Å². The van der Waals surface area contributed by atoms with Gasteiger partial charge in [-0.25, -0.2) is 14.4 Å². The van der Waals surface area contributed by atoms with Crippen LogP contribution in [-0.2, 0) is 19.3 Å². The molecule has 1 heterocycles. The summed E-state index contributed by atoms with van der Waals surface area (Å²) < 4.78 is 54.0. The van der Waals surface area contributed by atoms with Crippen LogP contribution in [0.4, 0.5) is 17.6 Å². The molecular weight excluding hydrogens is 338 g/mol. The van der Waals surface area contributed by atoms with E-state index < -0.39 is 17.6 Å². The van der Waals surface area contributed by atoms with Gasteiger partial charge in [-0.3, -0.25) is 0 Å². The van der Waals surface area contributed by atoms with Crippen LogP contribution in [0.1, 0.15) is 18.1 Å². The summed E-state index contributed by atoms with van der Waals surface area (Å²) in [6.07, 6.45) is 0.506. The van der Waals surface area contributed by atoms with Crippen molar-refractivity contribution in [3.63, 3.8) is 0 Å². The second-order valence-corrected chi connectivity index (χ2v) is 5.22. The first-order valence-electron chi connectivity index (χ1n) is 7.73. The quantitative estimate of drug-likeness (QED) is 0.475. The van der Waals surface area contributed by atoms with Crippen molar-refractivity contribution < 1.29 is 17.6 Å². The van der Waals surface area contributed by atoms with E-state index in [1.165, 1.54) is 0 Å². The molecule has 0 spiro atoms. The molecule has 2 N–H and O–H groups in total. The molecule has 1 aromatic heterocycles. The van der Waals surface area contributed by atoms with Gasteiger partial charge in [0.2, 0.25) is 0 Å². The van der Waals surface area contributed by atoms with Crippen molar-refractivity contribution in [2.75, 3.05) is 13.1 Å². The Balaban J connectivity index is 2.05. The molecule has 1 aromatic carbocycles. The van der Waals surface area contributed by atoms with Crippen LogP contribution < -0.4 is 10.6 Å². The van der Waals surface area contributed by atoms with Crippen molar-refractivity contribution in [1.82, 2.24) is 20.2 Å². The maximum atomic E-state index is 13.1. The Bertz CT molecular complexity index is 695. The van der Waals surface area contributed by atoms with Crippen LogP contribution >= 0.6 is 0 Å². The lowest BCUT2D eigenvalue weighted by molar-refractivity contribution is -0.138. The van der Waals surface area contributed by atoms with Gasteiger partial charge in [-0.1, -0.05) is 6.07 Å². The molecule has 2 aromatic rings. The van der Waals surface area contributed by atoms with Crippen molar-refractivity contribution in [2.24, 2.45) is 4.99 Å². The average molecular weight is 357 g/mol. The standard InChI is InChI=1S/C16H19F4N5/c1-2-22-15(23-6-8-25-7-5-21-11-25)24-10-12-3-4-13(17)9-14(12)16(18,19)20/h3-5,7,9,11H,2,6,8,10H2,1H3,(H2,22,23,24). The second-order valence-electron chi connectivity index (χ2n) is 5.22. The maximum absolute atomic E-state index is 13.1. The smallest absolute Gasteiger partial charge is 0.357 e. The van der Waals surface area contributed by atoms with Crippen LogP contribution in [0.2, 0.25) is 0 Å². The van der Waals surface area contributed by atoms with Gasteiger partial charge in [-0.15, -0.1) is 0 Å². The molecule has 2 rings (SSSR count). The van der Waals surface area contributed by atoms with E-state index in [0.29, 0.717) is 31.7 Å². The van der Waals surface area contributed by atoms with E-state index >= 15 is 0 Å². The van der Waals surface area contributed by atoms with Crippen LogP contribution in [0.25, 0.3) is 0 Å². The van der Waals surface area contributed by atoms with Crippen molar-refractivity contribution >= 4 is 5.96 Å². The topological polar surface area (TPSA) is 54.2 Å². The molecule has 0 aliphatic carbocycles. The number of nitrogens with one attached hydrogen (secondary N) is 2. The fourth-order valence-electron chi connectivity index (χ4n) is 2.18. The Hall–Kier alpha value is -2.58. The van der Waals surface area contributed by atoms with Gasteiger partial charge in [0.15, 0.2) is 5.96 Å². The molecule has 0 bridgehead atoms. The first-order chi connectivity index (χ1) is 11.9. The van der Waals surface area contributed by atoms with Gasteiger partial charge in [-0.2, -0.15) is 13.2 Å². The van der Waals surface area contributed by atoms with Gasteiger partial charge >= 0.3 is 6.18 Å². The molecule has 0 aliphatic rings.